The molecule has 0 aromatic heterocycles. The number of sulfonamides is 1. The first-order valence-corrected chi connectivity index (χ1v) is 9.75. The maximum Gasteiger partial charge on any atom is 0.292 e. The van der Waals surface area contributed by atoms with E-state index in [0.29, 0.717) is 17.3 Å². The van der Waals surface area contributed by atoms with E-state index in [4.69, 9.17) is 16.7 Å². The number of amides is 2. The Morgan fingerprint density at radius 1 is 1.15 bits per heavy atom. The number of benzene rings is 2. The molecule has 1 aliphatic heterocycles. The van der Waals surface area contributed by atoms with Gasteiger partial charge >= 0.3 is 0 Å². The van der Waals surface area contributed by atoms with Crippen LogP contribution in [-0.4, -0.2) is 26.3 Å². The molecule has 2 aromatic carbocycles. The fourth-order valence-electron chi connectivity index (χ4n) is 2.82. The molecule has 26 heavy (non-hydrogen) atoms. The Morgan fingerprint density at radius 3 is 2.46 bits per heavy atom. The summed E-state index contributed by atoms with van der Waals surface area (Å²) in [5.74, 6) is -0.568. The number of nitrogens with two attached hydrogens (primary N) is 2. The van der Waals surface area contributed by atoms with E-state index < -0.39 is 16.1 Å². The van der Waals surface area contributed by atoms with Gasteiger partial charge in [0.15, 0.2) is 6.04 Å². The van der Waals surface area contributed by atoms with Gasteiger partial charge in [0.05, 0.1) is 17.0 Å². The van der Waals surface area contributed by atoms with E-state index in [2.05, 4.69) is 0 Å². The van der Waals surface area contributed by atoms with Gasteiger partial charge in [0, 0.05) is 10.6 Å². The van der Waals surface area contributed by atoms with Gasteiger partial charge in [-0.2, -0.15) is 0 Å². The number of anilines is 1. The van der Waals surface area contributed by atoms with Crippen molar-refractivity contribution in [2.45, 2.75) is 23.9 Å². The molecule has 0 radical (unpaired) electrons. The smallest absolute Gasteiger partial charge is 0.292 e. The third kappa shape index (κ3) is 3.94. The normalized spacial score (nSPS) is 17.8. The SMILES string of the molecule is NS(=O)(=O)c1ccc(C[NH2+][C@@H]2CC(=O)N(c3cccc(Cl)c3)C2=O)cc1. The summed E-state index contributed by atoms with van der Waals surface area (Å²) in [5.41, 5.74) is 1.28. The second kappa shape index (κ2) is 7.16. The maximum atomic E-state index is 12.6. The molecule has 0 aliphatic carbocycles. The average Bonchev–Trinajstić information content (AvgIpc) is 2.86. The van der Waals surface area contributed by atoms with Gasteiger partial charge < -0.3 is 5.32 Å². The summed E-state index contributed by atoms with van der Waals surface area (Å²) in [6.07, 6.45) is 0.0978. The van der Waals surface area contributed by atoms with Gasteiger partial charge in [-0.1, -0.05) is 29.8 Å². The molecule has 0 spiro atoms. The summed E-state index contributed by atoms with van der Waals surface area (Å²) in [7, 11) is -3.73. The van der Waals surface area contributed by atoms with E-state index in [1.165, 1.54) is 12.1 Å². The monoisotopic (exact) mass is 394 g/mol. The molecule has 0 unspecified atom stereocenters. The van der Waals surface area contributed by atoms with E-state index in [1.807, 2.05) is 0 Å². The van der Waals surface area contributed by atoms with Crippen LogP contribution < -0.4 is 15.4 Å². The second-order valence-corrected chi connectivity index (χ2v) is 7.98. The molecule has 4 N–H and O–H groups in total. The Hall–Kier alpha value is -2.26. The summed E-state index contributed by atoms with van der Waals surface area (Å²) < 4.78 is 22.5. The number of carbonyl (C=O) groups excluding carboxylic acids is 2. The van der Waals surface area contributed by atoms with Gasteiger partial charge in [0.1, 0.15) is 6.54 Å². The van der Waals surface area contributed by atoms with Gasteiger partial charge in [-0.05, 0) is 30.3 Å². The maximum absolute atomic E-state index is 12.6. The van der Waals surface area contributed by atoms with Crippen LogP contribution in [0.3, 0.4) is 0 Å². The lowest BCUT2D eigenvalue weighted by molar-refractivity contribution is -0.690. The number of hydrogen-bond acceptors (Lipinski definition) is 4. The van der Waals surface area contributed by atoms with Crippen molar-refractivity contribution < 1.29 is 23.3 Å². The lowest BCUT2D eigenvalue weighted by Crippen LogP contribution is -2.90. The summed E-state index contributed by atoms with van der Waals surface area (Å²) in [6, 6.07) is 12.2. The van der Waals surface area contributed by atoms with E-state index in [0.717, 1.165) is 10.5 Å². The second-order valence-electron chi connectivity index (χ2n) is 5.99. The molecule has 7 nitrogen and oxygen atoms in total. The fraction of sp³-hybridized carbons (Fsp3) is 0.176. The zero-order valence-corrected chi connectivity index (χ0v) is 15.2. The summed E-state index contributed by atoms with van der Waals surface area (Å²) in [5, 5.41) is 7.27. The third-order valence-corrected chi connectivity index (χ3v) is 5.30. The minimum absolute atomic E-state index is 0.0282. The van der Waals surface area contributed by atoms with Crippen molar-refractivity contribution in [3.05, 3.63) is 59.1 Å². The zero-order chi connectivity index (χ0) is 18.9. The Kier molecular flexibility index (Phi) is 5.10. The first kappa shape index (κ1) is 18.5. The Morgan fingerprint density at radius 2 is 1.85 bits per heavy atom. The lowest BCUT2D eigenvalue weighted by Gasteiger charge is -2.14. The molecule has 2 aromatic rings. The van der Waals surface area contributed by atoms with Crippen LogP contribution in [0.5, 0.6) is 0 Å². The Labute approximate surface area is 155 Å². The summed E-state index contributed by atoms with van der Waals surface area (Å²) in [4.78, 5) is 26.0. The van der Waals surface area contributed by atoms with Crippen LogP contribution in [-0.2, 0) is 26.2 Å². The largest absolute Gasteiger partial charge is 0.332 e. The highest BCUT2D eigenvalue weighted by molar-refractivity contribution is 7.89. The van der Waals surface area contributed by atoms with E-state index in [-0.39, 0.29) is 23.1 Å². The van der Waals surface area contributed by atoms with E-state index in [1.54, 1.807) is 41.7 Å². The minimum Gasteiger partial charge on any atom is -0.332 e. The zero-order valence-electron chi connectivity index (χ0n) is 13.6. The first-order chi connectivity index (χ1) is 12.3. The molecule has 1 heterocycles. The van der Waals surface area contributed by atoms with Crippen LogP contribution in [0.25, 0.3) is 0 Å². The van der Waals surface area contributed by atoms with Crippen molar-refractivity contribution in [1.82, 2.24) is 0 Å². The average molecular weight is 395 g/mol. The molecular formula is C17H17ClN3O4S+. The van der Waals surface area contributed by atoms with Gasteiger partial charge in [-0.15, -0.1) is 0 Å². The van der Waals surface area contributed by atoms with Crippen molar-refractivity contribution in [2.75, 3.05) is 4.90 Å². The molecule has 1 fully saturated rings. The quantitative estimate of drug-likeness (QED) is 0.713. The minimum atomic E-state index is -3.73. The van der Waals surface area contributed by atoms with Gasteiger partial charge in [-0.3, -0.25) is 9.59 Å². The van der Waals surface area contributed by atoms with E-state index >= 15 is 0 Å². The van der Waals surface area contributed by atoms with E-state index in [9.17, 15) is 18.0 Å². The summed E-state index contributed by atoms with van der Waals surface area (Å²) in [6.45, 7) is 0.429. The van der Waals surface area contributed by atoms with Crippen molar-refractivity contribution in [3.63, 3.8) is 0 Å². The molecule has 0 bridgehead atoms. The van der Waals surface area contributed by atoms with Gasteiger partial charge in [0.25, 0.3) is 5.91 Å². The molecule has 0 saturated carbocycles. The highest BCUT2D eigenvalue weighted by atomic mass is 35.5. The van der Waals surface area contributed by atoms with Crippen LogP contribution in [0.1, 0.15) is 12.0 Å². The fourth-order valence-corrected chi connectivity index (χ4v) is 3.52. The predicted molar refractivity (Wildman–Crippen MR) is 95.8 cm³/mol. The van der Waals surface area contributed by atoms with Crippen molar-refractivity contribution >= 4 is 39.1 Å². The van der Waals surface area contributed by atoms with Crippen LogP contribution in [0.15, 0.2) is 53.4 Å². The number of imide groups is 1. The molecule has 2 amide bonds. The molecule has 1 aliphatic rings. The molecule has 3 rings (SSSR count). The number of halogens is 1. The van der Waals surface area contributed by atoms with Crippen molar-refractivity contribution in [2.24, 2.45) is 5.14 Å². The van der Waals surface area contributed by atoms with Gasteiger partial charge in [-0.25, -0.2) is 18.5 Å². The Bertz CT molecular complexity index is 960. The van der Waals surface area contributed by atoms with Crippen molar-refractivity contribution in [1.29, 1.82) is 0 Å². The molecular weight excluding hydrogens is 378 g/mol. The molecule has 9 heteroatoms. The number of nitrogens with zero attached hydrogens (tertiary/aromatic N) is 1. The highest BCUT2D eigenvalue weighted by Gasteiger charge is 2.42. The predicted octanol–water partition coefficient (Wildman–Crippen LogP) is 0.383. The van der Waals surface area contributed by atoms with Crippen LogP contribution in [0.4, 0.5) is 5.69 Å². The summed E-state index contributed by atoms with van der Waals surface area (Å²) >= 11 is 5.93. The number of hydrogen-bond donors (Lipinski definition) is 2. The Balaban J connectivity index is 1.68. The van der Waals surface area contributed by atoms with Gasteiger partial charge in [0.2, 0.25) is 15.9 Å². The highest BCUT2D eigenvalue weighted by Crippen LogP contribution is 2.24. The number of rotatable bonds is 5. The molecule has 1 atom stereocenters. The number of primary sulfonamides is 1. The molecule has 1 saturated heterocycles. The topological polar surface area (TPSA) is 114 Å². The lowest BCUT2D eigenvalue weighted by atomic mass is 10.2. The number of quaternary nitrogens is 1. The molecule has 136 valence electrons. The third-order valence-electron chi connectivity index (χ3n) is 4.14. The van der Waals surface area contributed by atoms with Crippen LogP contribution in [0.2, 0.25) is 5.02 Å². The van der Waals surface area contributed by atoms with Crippen LogP contribution in [0, 0.1) is 0 Å². The van der Waals surface area contributed by atoms with Crippen LogP contribution >= 0.6 is 11.6 Å². The number of carbonyl (C=O) groups is 2. The van der Waals surface area contributed by atoms with Crippen molar-refractivity contribution in [3.8, 4) is 0 Å². The standard InChI is InChI=1S/C17H16ClN3O4S/c18-12-2-1-3-13(8-12)21-16(22)9-15(17(21)23)20-10-11-4-6-14(7-5-11)26(19,24)25/h1-8,15,20H,9-10H2,(H2,19,24,25)/p+1/t15-/m1/s1. The first-order valence-electron chi connectivity index (χ1n) is 7.83.